The number of rotatable bonds is 4. The van der Waals surface area contributed by atoms with Gasteiger partial charge < -0.3 is 5.11 Å². The van der Waals surface area contributed by atoms with E-state index < -0.39 is 5.97 Å². The highest BCUT2D eigenvalue weighted by molar-refractivity contribution is 5.67. The van der Waals surface area contributed by atoms with Gasteiger partial charge in [-0.3, -0.25) is 4.79 Å². The molecular formula is C13H18O2. The molecule has 82 valence electrons. The zero-order valence-corrected chi connectivity index (χ0v) is 9.58. The molecule has 1 N–H and O–H groups in total. The van der Waals surface area contributed by atoms with Crippen molar-refractivity contribution in [3.63, 3.8) is 0 Å². The SMILES string of the molecule is Cc1ccc(CC(C)CC(=O)O)cc1C. The van der Waals surface area contributed by atoms with Crippen LogP contribution in [0.15, 0.2) is 18.2 Å². The molecule has 0 amide bonds. The summed E-state index contributed by atoms with van der Waals surface area (Å²) in [5.74, 6) is -0.518. The third kappa shape index (κ3) is 3.74. The highest BCUT2D eigenvalue weighted by Gasteiger charge is 2.08. The summed E-state index contributed by atoms with van der Waals surface area (Å²) in [6, 6.07) is 6.33. The van der Waals surface area contributed by atoms with E-state index in [9.17, 15) is 4.79 Å². The molecule has 2 heteroatoms. The lowest BCUT2D eigenvalue weighted by Gasteiger charge is -2.10. The lowest BCUT2D eigenvalue weighted by molar-refractivity contribution is -0.137. The molecule has 1 aromatic carbocycles. The second-order valence-corrected chi connectivity index (χ2v) is 4.33. The first kappa shape index (κ1) is 11.8. The van der Waals surface area contributed by atoms with Crippen LogP contribution >= 0.6 is 0 Å². The smallest absolute Gasteiger partial charge is 0.303 e. The van der Waals surface area contributed by atoms with Gasteiger partial charge in [0.2, 0.25) is 0 Å². The predicted octanol–water partition coefficient (Wildman–Crippen LogP) is 2.96. The molecule has 0 saturated heterocycles. The van der Waals surface area contributed by atoms with Gasteiger partial charge in [0.15, 0.2) is 0 Å². The molecule has 1 rings (SSSR count). The molecule has 0 saturated carbocycles. The van der Waals surface area contributed by atoms with Gasteiger partial charge in [-0.25, -0.2) is 0 Å². The second kappa shape index (κ2) is 4.96. The van der Waals surface area contributed by atoms with Crippen LogP contribution in [0.1, 0.15) is 30.0 Å². The molecule has 0 bridgehead atoms. The van der Waals surface area contributed by atoms with Crippen molar-refractivity contribution in [1.29, 1.82) is 0 Å². The van der Waals surface area contributed by atoms with Gasteiger partial charge in [-0.15, -0.1) is 0 Å². The zero-order chi connectivity index (χ0) is 11.4. The topological polar surface area (TPSA) is 37.3 Å². The monoisotopic (exact) mass is 206 g/mol. The van der Waals surface area contributed by atoms with Gasteiger partial charge in [-0.2, -0.15) is 0 Å². The van der Waals surface area contributed by atoms with E-state index in [1.54, 1.807) is 0 Å². The summed E-state index contributed by atoms with van der Waals surface area (Å²) in [5, 5.41) is 8.66. The Morgan fingerprint density at radius 3 is 2.53 bits per heavy atom. The van der Waals surface area contributed by atoms with Crippen molar-refractivity contribution in [1.82, 2.24) is 0 Å². The Balaban J connectivity index is 2.64. The van der Waals surface area contributed by atoms with Gasteiger partial charge in [-0.1, -0.05) is 25.1 Å². The fraction of sp³-hybridized carbons (Fsp3) is 0.462. The standard InChI is InChI=1S/C13H18O2/c1-9(7-13(14)15)6-12-5-4-10(2)11(3)8-12/h4-5,8-9H,6-7H2,1-3H3,(H,14,15). The molecule has 0 spiro atoms. The van der Waals surface area contributed by atoms with E-state index in [1.807, 2.05) is 6.92 Å². The van der Waals surface area contributed by atoms with E-state index in [0.29, 0.717) is 0 Å². The largest absolute Gasteiger partial charge is 0.481 e. The molecule has 0 heterocycles. The van der Waals surface area contributed by atoms with E-state index in [2.05, 4.69) is 32.0 Å². The van der Waals surface area contributed by atoms with Crippen LogP contribution in [0.2, 0.25) is 0 Å². The maximum absolute atomic E-state index is 10.5. The Hall–Kier alpha value is -1.31. The Morgan fingerprint density at radius 2 is 2.00 bits per heavy atom. The summed E-state index contributed by atoms with van der Waals surface area (Å²) in [4.78, 5) is 10.5. The number of aryl methyl sites for hydroxylation is 2. The average Bonchev–Trinajstić information content (AvgIpc) is 2.10. The molecule has 0 fully saturated rings. The van der Waals surface area contributed by atoms with Crippen LogP contribution < -0.4 is 0 Å². The molecule has 1 aromatic rings. The first-order chi connectivity index (χ1) is 6.99. The summed E-state index contributed by atoms with van der Waals surface area (Å²) in [7, 11) is 0. The lowest BCUT2D eigenvalue weighted by Crippen LogP contribution is -2.07. The third-order valence-corrected chi connectivity index (χ3v) is 2.68. The number of hydrogen-bond donors (Lipinski definition) is 1. The molecule has 0 radical (unpaired) electrons. The fourth-order valence-corrected chi connectivity index (χ4v) is 1.70. The van der Waals surface area contributed by atoms with Crippen molar-refractivity contribution in [3.05, 3.63) is 34.9 Å². The molecule has 15 heavy (non-hydrogen) atoms. The Labute approximate surface area is 90.9 Å². The van der Waals surface area contributed by atoms with Gasteiger partial charge >= 0.3 is 5.97 Å². The first-order valence-electron chi connectivity index (χ1n) is 5.27. The summed E-state index contributed by atoms with van der Waals surface area (Å²) in [6.07, 6.45) is 1.08. The van der Waals surface area contributed by atoms with E-state index in [-0.39, 0.29) is 12.3 Å². The van der Waals surface area contributed by atoms with Crippen LogP contribution in [-0.4, -0.2) is 11.1 Å². The van der Waals surface area contributed by atoms with Crippen molar-refractivity contribution in [2.24, 2.45) is 5.92 Å². The summed E-state index contributed by atoms with van der Waals surface area (Å²) < 4.78 is 0. The van der Waals surface area contributed by atoms with Crippen LogP contribution in [0.25, 0.3) is 0 Å². The normalized spacial score (nSPS) is 12.5. The van der Waals surface area contributed by atoms with Crippen molar-refractivity contribution in [3.8, 4) is 0 Å². The van der Waals surface area contributed by atoms with Crippen LogP contribution in [0, 0.1) is 19.8 Å². The summed E-state index contributed by atoms with van der Waals surface area (Å²) in [5.41, 5.74) is 3.78. The van der Waals surface area contributed by atoms with Crippen molar-refractivity contribution in [2.45, 2.75) is 33.6 Å². The number of carboxylic acids is 1. The lowest BCUT2D eigenvalue weighted by atomic mass is 9.96. The van der Waals surface area contributed by atoms with Gasteiger partial charge in [0.05, 0.1) is 0 Å². The molecule has 0 aliphatic rings. The Bertz CT molecular complexity index is 356. The molecule has 0 aromatic heterocycles. The molecular weight excluding hydrogens is 188 g/mol. The number of benzene rings is 1. The minimum atomic E-state index is -0.716. The molecule has 2 nitrogen and oxygen atoms in total. The maximum atomic E-state index is 10.5. The van der Waals surface area contributed by atoms with E-state index >= 15 is 0 Å². The summed E-state index contributed by atoms with van der Waals surface area (Å²) in [6.45, 7) is 6.14. The van der Waals surface area contributed by atoms with E-state index in [4.69, 9.17) is 5.11 Å². The van der Waals surface area contributed by atoms with Gasteiger partial charge in [-0.05, 0) is 42.9 Å². The third-order valence-electron chi connectivity index (χ3n) is 2.68. The van der Waals surface area contributed by atoms with Crippen molar-refractivity contribution >= 4 is 5.97 Å². The number of carboxylic acid groups (broad SMARTS) is 1. The molecule has 0 aliphatic heterocycles. The van der Waals surface area contributed by atoms with Gasteiger partial charge in [0.1, 0.15) is 0 Å². The molecule has 1 atom stereocenters. The van der Waals surface area contributed by atoms with Crippen molar-refractivity contribution in [2.75, 3.05) is 0 Å². The van der Waals surface area contributed by atoms with Gasteiger partial charge in [0.25, 0.3) is 0 Å². The molecule has 0 aliphatic carbocycles. The average molecular weight is 206 g/mol. The Kier molecular flexibility index (Phi) is 3.89. The minimum absolute atomic E-state index is 0.199. The highest BCUT2D eigenvalue weighted by atomic mass is 16.4. The minimum Gasteiger partial charge on any atom is -0.481 e. The summed E-state index contributed by atoms with van der Waals surface area (Å²) >= 11 is 0. The number of hydrogen-bond acceptors (Lipinski definition) is 1. The molecule has 1 unspecified atom stereocenters. The van der Waals surface area contributed by atoms with Crippen LogP contribution in [0.3, 0.4) is 0 Å². The van der Waals surface area contributed by atoms with E-state index in [1.165, 1.54) is 16.7 Å². The number of aliphatic carboxylic acids is 1. The Morgan fingerprint density at radius 1 is 1.33 bits per heavy atom. The van der Waals surface area contributed by atoms with Gasteiger partial charge in [0, 0.05) is 6.42 Å². The maximum Gasteiger partial charge on any atom is 0.303 e. The zero-order valence-electron chi connectivity index (χ0n) is 9.58. The first-order valence-corrected chi connectivity index (χ1v) is 5.27. The quantitative estimate of drug-likeness (QED) is 0.822. The second-order valence-electron chi connectivity index (χ2n) is 4.33. The van der Waals surface area contributed by atoms with Crippen LogP contribution in [-0.2, 0) is 11.2 Å². The number of carbonyl (C=O) groups is 1. The fourth-order valence-electron chi connectivity index (χ4n) is 1.70. The van der Waals surface area contributed by atoms with E-state index in [0.717, 1.165) is 6.42 Å². The van der Waals surface area contributed by atoms with Crippen LogP contribution in [0.5, 0.6) is 0 Å². The van der Waals surface area contributed by atoms with Crippen molar-refractivity contribution < 1.29 is 9.90 Å². The van der Waals surface area contributed by atoms with Crippen LogP contribution in [0.4, 0.5) is 0 Å². The predicted molar refractivity (Wildman–Crippen MR) is 61.0 cm³/mol. The highest BCUT2D eigenvalue weighted by Crippen LogP contribution is 2.15.